The molecule has 1 saturated carbocycles. The van der Waals surface area contributed by atoms with Crippen molar-refractivity contribution in [2.45, 2.75) is 42.7 Å². The lowest BCUT2D eigenvalue weighted by molar-refractivity contribution is -0.149. The van der Waals surface area contributed by atoms with Crippen molar-refractivity contribution in [3.63, 3.8) is 0 Å². The minimum Gasteiger partial charge on any atom is -0.459 e. The fourth-order valence-electron chi connectivity index (χ4n) is 5.95. The van der Waals surface area contributed by atoms with E-state index in [1.807, 2.05) is 68.4 Å². The highest BCUT2D eigenvalue weighted by atomic mass is 32.2. The Kier molecular flexibility index (Phi) is 7.77. The SMILES string of the molecule is CC(C)C[C@H](NC(=O)C1[C@H]2CN(C(=O)c3ccc4c(c3)NC(=O)c3ccccc3S4)C[C@@H]12)C(=O)OCc1ccccc1. The summed E-state index contributed by atoms with van der Waals surface area (Å²) in [6.45, 7) is 5.14. The smallest absolute Gasteiger partial charge is 0.328 e. The van der Waals surface area contributed by atoms with Gasteiger partial charge in [0.2, 0.25) is 5.91 Å². The molecule has 0 spiro atoms. The molecule has 3 aromatic carbocycles. The molecule has 3 aliphatic rings. The minimum absolute atomic E-state index is 0.0690. The zero-order valence-electron chi connectivity index (χ0n) is 23.5. The van der Waals surface area contributed by atoms with Crippen LogP contribution >= 0.6 is 11.8 Å². The van der Waals surface area contributed by atoms with Crippen LogP contribution in [-0.4, -0.2) is 47.7 Å². The van der Waals surface area contributed by atoms with E-state index in [1.165, 1.54) is 11.8 Å². The van der Waals surface area contributed by atoms with Crippen LogP contribution in [0.3, 0.4) is 0 Å². The number of nitrogens with one attached hydrogen (secondary N) is 2. The third-order valence-corrected chi connectivity index (χ3v) is 9.29. The van der Waals surface area contributed by atoms with Crippen molar-refractivity contribution >= 4 is 41.1 Å². The van der Waals surface area contributed by atoms with Crippen molar-refractivity contribution in [2.24, 2.45) is 23.7 Å². The summed E-state index contributed by atoms with van der Waals surface area (Å²) < 4.78 is 5.52. The van der Waals surface area contributed by atoms with E-state index >= 15 is 0 Å². The van der Waals surface area contributed by atoms with Crippen molar-refractivity contribution in [3.8, 4) is 0 Å². The molecular formula is C33H33N3O5S. The van der Waals surface area contributed by atoms with Gasteiger partial charge in [0.15, 0.2) is 0 Å². The summed E-state index contributed by atoms with van der Waals surface area (Å²) >= 11 is 1.50. The van der Waals surface area contributed by atoms with Gasteiger partial charge in [0.25, 0.3) is 11.8 Å². The van der Waals surface area contributed by atoms with Crippen LogP contribution in [0, 0.1) is 23.7 Å². The first-order chi connectivity index (χ1) is 20.3. The predicted octanol–water partition coefficient (Wildman–Crippen LogP) is 5.00. The van der Waals surface area contributed by atoms with Gasteiger partial charge in [-0.05, 0) is 60.1 Å². The Morgan fingerprint density at radius 2 is 1.69 bits per heavy atom. The molecule has 216 valence electrons. The molecule has 1 aliphatic carbocycles. The van der Waals surface area contributed by atoms with E-state index in [4.69, 9.17) is 4.74 Å². The highest BCUT2D eigenvalue weighted by molar-refractivity contribution is 7.99. The average Bonchev–Trinajstić information content (AvgIpc) is 3.54. The number of carbonyl (C=O) groups is 4. The molecule has 2 fully saturated rings. The molecule has 4 atom stereocenters. The van der Waals surface area contributed by atoms with Crippen LogP contribution in [0.5, 0.6) is 0 Å². The van der Waals surface area contributed by atoms with Crippen molar-refractivity contribution in [3.05, 3.63) is 89.5 Å². The Labute approximate surface area is 249 Å². The molecule has 1 saturated heterocycles. The first-order valence-corrected chi connectivity index (χ1v) is 15.1. The zero-order valence-corrected chi connectivity index (χ0v) is 24.4. The van der Waals surface area contributed by atoms with Crippen molar-refractivity contribution in [1.29, 1.82) is 0 Å². The molecule has 3 aromatic rings. The second-order valence-electron chi connectivity index (χ2n) is 11.6. The van der Waals surface area contributed by atoms with Crippen LogP contribution < -0.4 is 10.6 Å². The third kappa shape index (κ3) is 5.79. The van der Waals surface area contributed by atoms with E-state index in [2.05, 4.69) is 10.6 Å². The van der Waals surface area contributed by atoms with Crippen LogP contribution in [0.2, 0.25) is 0 Å². The van der Waals surface area contributed by atoms with E-state index in [0.29, 0.717) is 36.3 Å². The molecule has 2 heterocycles. The van der Waals surface area contributed by atoms with Crippen LogP contribution in [0.25, 0.3) is 0 Å². The number of fused-ring (bicyclic) bond motifs is 3. The number of hydrogen-bond acceptors (Lipinski definition) is 6. The lowest BCUT2D eigenvalue weighted by Gasteiger charge is -2.22. The van der Waals surface area contributed by atoms with E-state index in [-0.39, 0.29) is 48.0 Å². The summed E-state index contributed by atoms with van der Waals surface area (Å²) in [5.41, 5.74) is 2.61. The Hall–Kier alpha value is -4.11. The number of rotatable bonds is 8. The predicted molar refractivity (Wildman–Crippen MR) is 159 cm³/mol. The highest BCUT2D eigenvalue weighted by Gasteiger charge is 2.60. The van der Waals surface area contributed by atoms with Crippen molar-refractivity contribution in [1.82, 2.24) is 10.2 Å². The summed E-state index contributed by atoms with van der Waals surface area (Å²) in [5, 5.41) is 5.88. The monoisotopic (exact) mass is 583 g/mol. The first kappa shape index (κ1) is 28.0. The molecule has 0 aromatic heterocycles. The summed E-state index contributed by atoms with van der Waals surface area (Å²) in [6, 6.07) is 21.6. The molecule has 8 nitrogen and oxygen atoms in total. The Morgan fingerprint density at radius 1 is 0.976 bits per heavy atom. The molecule has 2 aliphatic heterocycles. The van der Waals surface area contributed by atoms with Crippen LogP contribution in [-0.2, 0) is 20.9 Å². The summed E-state index contributed by atoms with van der Waals surface area (Å²) in [6.07, 6.45) is 0.490. The summed E-state index contributed by atoms with van der Waals surface area (Å²) in [4.78, 5) is 55.7. The van der Waals surface area contributed by atoms with E-state index in [0.717, 1.165) is 15.4 Å². The van der Waals surface area contributed by atoms with E-state index in [9.17, 15) is 19.2 Å². The number of piperidine rings is 1. The zero-order chi connectivity index (χ0) is 29.4. The maximum absolute atomic E-state index is 13.4. The van der Waals surface area contributed by atoms with Gasteiger partial charge in [-0.15, -0.1) is 0 Å². The summed E-state index contributed by atoms with van der Waals surface area (Å²) in [7, 11) is 0. The lowest BCUT2D eigenvalue weighted by atomic mass is 10.0. The topological polar surface area (TPSA) is 105 Å². The maximum Gasteiger partial charge on any atom is 0.328 e. The number of hydrogen-bond donors (Lipinski definition) is 2. The van der Waals surface area contributed by atoms with Crippen molar-refractivity contribution < 1.29 is 23.9 Å². The molecule has 3 amide bonds. The number of carbonyl (C=O) groups excluding carboxylic acids is 4. The second-order valence-corrected chi connectivity index (χ2v) is 12.7. The van der Waals surface area contributed by atoms with Gasteiger partial charge in [-0.25, -0.2) is 4.79 Å². The normalized spacial score (nSPS) is 20.9. The van der Waals surface area contributed by atoms with Gasteiger partial charge in [0.1, 0.15) is 12.6 Å². The minimum atomic E-state index is -0.709. The van der Waals surface area contributed by atoms with Gasteiger partial charge in [-0.3, -0.25) is 14.4 Å². The summed E-state index contributed by atoms with van der Waals surface area (Å²) in [5.74, 6) is -0.774. The molecule has 9 heteroatoms. The van der Waals surface area contributed by atoms with Crippen LogP contribution in [0.4, 0.5) is 5.69 Å². The molecule has 42 heavy (non-hydrogen) atoms. The standard InChI is InChI=1S/C33H33N3O5S/c1-19(2)14-26(33(40)41-18-20-8-4-3-5-9-20)35-31(38)29-23-16-36(17-24(23)29)32(39)21-12-13-28-25(15-21)34-30(37)22-10-6-7-11-27(22)42-28/h3-13,15,19,23-24,26,29H,14,16-18H2,1-2H3,(H,34,37)(H,35,38)/t23-,24+,26-,29?/m0/s1. The highest BCUT2D eigenvalue weighted by Crippen LogP contribution is 2.52. The number of ether oxygens (including phenoxy) is 1. The molecule has 0 bridgehead atoms. The quantitative estimate of drug-likeness (QED) is 0.362. The Balaban J connectivity index is 1.05. The molecule has 2 N–H and O–H groups in total. The van der Waals surface area contributed by atoms with E-state index in [1.54, 1.807) is 23.1 Å². The van der Waals surface area contributed by atoms with Gasteiger partial charge in [0.05, 0.1) is 11.3 Å². The fourth-order valence-corrected chi connectivity index (χ4v) is 6.96. The number of nitrogens with zero attached hydrogens (tertiary/aromatic N) is 1. The number of benzene rings is 3. The van der Waals surface area contributed by atoms with Gasteiger partial charge in [0, 0.05) is 34.4 Å². The molecule has 1 unspecified atom stereocenters. The van der Waals surface area contributed by atoms with Gasteiger partial charge in [-0.2, -0.15) is 0 Å². The maximum atomic E-state index is 13.4. The molecule has 0 radical (unpaired) electrons. The average molecular weight is 584 g/mol. The number of esters is 1. The van der Waals surface area contributed by atoms with Gasteiger partial charge >= 0.3 is 5.97 Å². The van der Waals surface area contributed by atoms with Crippen molar-refractivity contribution in [2.75, 3.05) is 18.4 Å². The fraction of sp³-hybridized carbons (Fsp3) is 0.333. The first-order valence-electron chi connectivity index (χ1n) is 14.3. The number of likely N-dealkylation sites (tertiary alicyclic amines) is 1. The third-order valence-electron chi connectivity index (χ3n) is 8.14. The molecular weight excluding hydrogens is 550 g/mol. The Morgan fingerprint density at radius 3 is 2.43 bits per heavy atom. The van der Waals surface area contributed by atoms with Gasteiger partial charge in [-0.1, -0.05) is 68.1 Å². The van der Waals surface area contributed by atoms with Gasteiger partial charge < -0.3 is 20.3 Å². The number of amides is 3. The Bertz CT molecular complexity index is 1530. The lowest BCUT2D eigenvalue weighted by Crippen LogP contribution is -2.44. The second kappa shape index (κ2) is 11.6. The largest absolute Gasteiger partial charge is 0.459 e. The molecule has 6 rings (SSSR count). The van der Waals surface area contributed by atoms with Crippen LogP contribution in [0.15, 0.2) is 82.6 Å². The number of anilines is 1. The van der Waals surface area contributed by atoms with E-state index < -0.39 is 12.0 Å². The van der Waals surface area contributed by atoms with Crippen LogP contribution in [0.1, 0.15) is 46.5 Å².